The molecule has 0 fully saturated rings. The zero-order chi connectivity index (χ0) is 17.7. The van der Waals surface area contributed by atoms with E-state index >= 15 is 0 Å². The first-order valence-corrected chi connectivity index (χ1v) is 7.10. The highest BCUT2D eigenvalue weighted by atomic mass is 35.5. The van der Waals surface area contributed by atoms with E-state index in [1.54, 1.807) is 0 Å². The summed E-state index contributed by atoms with van der Waals surface area (Å²) in [5, 5.41) is 28.6. The molecule has 0 N–H and O–H groups in total. The van der Waals surface area contributed by atoms with Gasteiger partial charge in [-0.3, -0.25) is 20.2 Å². The highest BCUT2D eigenvalue weighted by Gasteiger charge is 2.08. The van der Waals surface area contributed by atoms with Crippen molar-refractivity contribution in [1.82, 2.24) is 0 Å². The van der Waals surface area contributed by atoms with Crippen LogP contribution >= 0.6 is 23.2 Å². The van der Waals surface area contributed by atoms with Crippen molar-refractivity contribution < 1.29 is 9.85 Å². The molecule has 122 valence electrons. The van der Waals surface area contributed by atoms with Gasteiger partial charge in [-0.2, -0.15) is 0 Å². The molecule has 0 atom stereocenters. The summed E-state index contributed by atoms with van der Waals surface area (Å²) in [7, 11) is 0. The Hall–Kier alpha value is -2.84. The number of benzene rings is 2. The maximum Gasteiger partial charge on any atom is 0.269 e. The topological polar surface area (TPSA) is 111 Å². The van der Waals surface area contributed by atoms with Crippen molar-refractivity contribution in [1.29, 1.82) is 0 Å². The summed E-state index contributed by atoms with van der Waals surface area (Å²) in [6.07, 6.45) is 0. The predicted octanol–water partition coefficient (Wildman–Crippen LogP) is 4.09. The molecule has 0 aliphatic heterocycles. The van der Waals surface area contributed by atoms with Gasteiger partial charge in [-0.25, -0.2) is 0 Å². The molecule has 2 aromatic carbocycles. The van der Waals surface area contributed by atoms with Crippen molar-refractivity contribution in [3.05, 3.63) is 79.9 Å². The summed E-state index contributed by atoms with van der Waals surface area (Å²) >= 11 is 11.9. The first kappa shape index (κ1) is 17.5. The van der Waals surface area contributed by atoms with Gasteiger partial charge in [-0.1, -0.05) is 23.2 Å². The summed E-state index contributed by atoms with van der Waals surface area (Å²) in [5.74, 6) is 0. The summed E-state index contributed by atoms with van der Waals surface area (Å²) < 4.78 is 0. The third kappa shape index (κ3) is 4.34. The second kappa shape index (κ2) is 7.62. The zero-order valence-electron chi connectivity index (χ0n) is 11.8. The molecule has 0 saturated carbocycles. The van der Waals surface area contributed by atoms with Crippen LogP contribution in [0.15, 0.2) is 58.7 Å². The van der Waals surface area contributed by atoms with E-state index < -0.39 is 9.85 Å². The van der Waals surface area contributed by atoms with Gasteiger partial charge >= 0.3 is 0 Å². The number of nitro groups is 2. The number of rotatable bonds is 5. The first-order valence-electron chi connectivity index (χ1n) is 6.35. The number of nitrogens with zero attached hydrogens (tertiary/aromatic N) is 4. The molecule has 0 radical (unpaired) electrons. The lowest BCUT2D eigenvalue weighted by Crippen LogP contribution is -1.95. The van der Waals surface area contributed by atoms with E-state index in [9.17, 15) is 20.2 Å². The van der Waals surface area contributed by atoms with Crippen molar-refractivity contribution in [2.75, 3.05) is 0 Å². The molecule has 0 aliphatic rings. The number of halogens is 2. The van der Waals surface area contributed by atoms with Gasteiger partial charge in [0.05, 0.1) is 9.85 Å². The third-order valence-corrected chi connectivity index (χ3v) is 3.45. The quantitative estimate of drug-likeness (QED) is 0.450. The van der Waals surface area contributed by atoms with Crippen LogP contribution in [0.4, 0.5) is 11.4 Å². The normalized spacial score (nSPS) is 12.1. The van der Waals surface area contributed by atoms with E-state index in [1.807, 2.05) is 0 Å². The fourth-order valence-electron chi connectivity index (χ4n) is 1.64. The van der Waals surface area contributed by atoms with Gasteiger partial charge in [0.2, 0.25) is 0 Å². The molecule has 0 unspecified atom stereocenters. The van der Waals surface area contributed by atoms with Crippen LogP contribution < -0.4 is 0 Å². The van der Waals surface area contributed by atoms with Crippen LogP contribution in [0.3, 0.4) is 0 Å². The Kier molecular flexibility index (Phi) is 5.56. The van der Waals surface area contributed by atoms with Crippen LogP contribution in [-0.4, -0.2) is 20.2 Å². The molecule has 0 aliphatic carbocycles. The smallest absolute Gasteiger partial charge is 0.258 e. The van der Waals surface area contributed by atoms with Gasteiger partial charge in [-0.15, -0.1) is 10.2 Å². The minimum atomic E-state index is -0.529. The maximum absolute atomic E-state index is 10.6. The van der Waals surface area contributed by atoms with E-state index in [1.165, 1.54) is 48.5 Å². The van der Waals surface area contributed by atoms with Gasteiger partial charge in [0.25, 0.3) is 11.4 Å². The molecule has 10 heteroatoms. The summed E-state index contributed by atoms with van der Waals surface area (Å²) in [4.78, 5) is 20.1. The fourth-order valence-corrected chi connectivity index (χ4v) is 1.97. The molecular weight excluding hydrogens is 359 g/mol. The molecule has 0 bridgehead atoms. The third-order valence-electron chi connectivity index (χ3n) is 2.86. The summed E-state index contributed by atoms with van der Waals surface area (Å²) in [5.41, 5.74) is 0.713. The molecule has 2 aromatic rings. The van der Waals surface area contributed by atoms with Gasteiger partial charge in [-0.05, 0) is 24.3 Å². The number of nitro benzene ring substituents is 2. The average Bonchev–Trinajstić information content (AvgIpc) is 2.59. The lowest BCUT2D eigenvalue weighted by molar-refractivity contribution is -0.385. The predicted molar refractivity (Wildman–Crippen MR) is 91.0 cm³/mol. The number of non-ortho nitro benzene ring substituents is 2. The fraction of sp³-hybridized carbons (Fsp3) is 0. The Morgan fingerprint density at radius 3 is 1.25 bits per heavy atom. The van der Waals surface area contributed by atoms with E-state index in [-0.39, 0.29) is 21.7 Å². The van der Waals surface area contributed by atoms with Crippen LogP contribution in [0.25, 0.3) is 0 Å². The van der Waals surface area contributed by atoms with Crippen LogP contribution in [0.5, 0.6) is 0 Å². The lowest BCUT2D eigenvalue weighted by atomic mass is 10.2. The second-order valence-electron chi connectivity index (χ2n) is 4.39. The van der Waals surface area contributed by atoms with Crippen LogP contribution in [-0.2, 0) is 0 Å². The molecule has 0 spiro atoms. The zero-order valence-corrected chi connectivity index (χ0v) is 13.3. The van der Waals surface area contributed by atoms with Crippen LogP contribution in [0, 0.1) is 20.2 Å². The Balaban J connectivity index is 2.18. The lowest BCUT2D eigenvalue weighted by Gasteiger charge is -1.98. The first-order chi connectivity index (χ1) is 11.4. The van der Waals surface area contributed by atoms with Gasteiger partial charge in [0, 0.05) is 35.4 Å². The number of hydrogen-bond acceptors (Lipinski definition) is 6. The molecule has 8 nitrogen and oxygen atoms in total. The maximum atomic E-state index is 10.6. The van der Waals surface area contributed by atoms with E-state index in [0.717, 1.165) is 0 Å². The van der Waals surface area contributed by atoms with Gasteiger partial charge in [0.15, 0.2) is 10.3 Å². The van der Waals surface area contributed by atoms with Crippen LogP contribution in [0.1, 0.15) is 11.1 Å². The standard InChI is InChI=1S/C14H8Cl2N4O4/c15-13(9-1-5-11(6-2-9)19(21)22)17-18-14(16)10-3-7-12(8-4-10)20(23)24/h1-8H. The molecule has 24 heavy (non-hydrogen) atoms. The van der Waals surface area contributed by atoms with Gasteiger partial charge in [0.1, 0.15) is 0 Å². The van der Waals surface area contributed by atoms with Crippen molar-refractivity contribution in [3.63, 3.8) is 0 Å². The summed E-state index contributed by atoms with van der Waals surface area (Å²) in [6.45, 7) is 0. The molecule has 0 heterocycles. The van der Waals surface area contributed by atoms with Gasteiger partial charge < -0.3 is 0 Å². The monoisotopic (exact) mass is 366 g/mol. The molecular formula is C14H8Cl2N4O4. The molecule has 0 saturated heterocycles. The van der Waals surface area contributed by atoms with E-state index in [2.05, 4.69) is 10.2 Å². The minimum Gasteiger partial charge on any atom is -0.258 e. The van der Waals surface area contributed by atoms with Crippen molar-refractivity contribution in [2.24, 2.45) is 10.2 Å². The molecule has 0 aromatic heterocycles. The van der Waals surface area contributed by atoms with Crippen molar-refractivity contribution >= 4 is 44.9 Å². The SMILES string of the molecule is O=[N+]([O-])c1ccc(C(Cl)=NN=C(Cl)c2ccc([N+](=O)[O-])cc2)cc1. The molecule has 2 rings (SSSR count). The molecule has 0 amide bonds. The minimum absolute atomic E-state index is 0.00930. The van der Waals surface area contributed by atoms with E-state index in [0.29, 0.717) is 11.1 Å². The number of hydrogen-bond donors (Lipinski definition) is 0. The Labute approximate surface area is 145 Å². The largest absolute Gasteiger partial charge is 0.269 e. The highest BCUT2D eigenvalue weighted by Crippen LogP contribution is 2.16. The van der Waals surface area contributed by atoms with E-state index in [4.69, 9.17) is 23.2 Å². The Morgan fingerprint density at radius 2 is 1.00 bits per heavy atom. The van der Waals surface area contributed by atoms with Crippen LogP contribution in [0.2, 0.25) is 0 Å². The summed E-state index contributed by atoms with van der Waals surface area (Å²) in [6, 6.07) is 10.9. The second-order valence-corrected chi connectivity index (χ2v) is 5.11. The average molecular weight is 367 g/mol. The Bertz CT molecular complexity index is 761. The Morgan fingerprint density at radius 1 is 0.708 bits per heavy atom. The highest BCUT2D eigenvalue weighted by molar-refractivity contribution is 6.71. The van der Waals surface area contributed by atoms with Crippen molar-refractivity contribution in [2.45, 2.75) is 0 Å². The van der Waals surface area contributed by atoms with Crippen molar-refractivity contribution in [3.8, 4) is 0 Å².